The third-order valence-electron chi connectivity index (χ3n) is 2.99. The van der Waals surface area contributed by atoms with Crippen molar-refractivity contribution < 1.29 is 18.0 Å². The summed E-state index contributed by atoms with van der Waals surface area (Å²) in [6, 6.07) is 16.8. The number of carbonyl (C=O) groups is 1. The van der Waals surface area contributed by atoms with Gasteiger partial charge in [-0.3, -0.25) is 4.79 Å². The van der Waals surface area contributed by atoms with Crippen LogP contribution in [0.4, 0.5) is 13.2 Å². The third kappa shape index (κ3) is 3.94. The van der Waals surface area contributed by atoms with E-state index in [4.69, 9.17) is 0 Å². The molecule has 0 aliphatic heterocycles. The maximum absolute atomic E-state index is 12.1. The molecular weight excluding hydrogens is 293 g/mol. The molecule has 3 nitrogen and oxygen atoms in total. The van der Waals surface area contributed by atoms with Crippen molar-refractivity contribution >= 4 is 11.6 Å². The lowest BCUT2D eigenvalue weighted by atomic mass is 10.0. The van der Waals surface area contributed by atoms with E-state index in [9.17, 15) is 18.0 Å². The van der Waals surface area contributed by atoms with Crippen LogP contribution in [0.15, 0.2) is 59.7 Å². The monoisotopic (exact) mass is 306 g/mol. The third-order valence-corrected chi connectivity index (χ3v) is 2.99. The number of hydrogen-bond donors (Lipinski definition) is 1. The number of halogens is 3. The quantitative estimate of drug-likeness (QED) is 0.681. The van der Waals surface area contributed by atoms with E-state index >= 15 is 0 Å². The van der Waals surface area contributed by atoms with E-state index in [1.165, 1.54) is 12.3 Å². The number of alkyl halides is 3. The number of hydrogen-bond acceptors (Lipinski definition) is 2. The average Bonchev–Trinajstić information content (AvgIpc) is 2.52. The van der Waals surface area contributed by atoms with Crippen molar-refractivity contribution in [1.29, 1.82) is 0 Å². The number of hydrazone groups is 1. The molecule has 22 heavy (non-hydrogen) atoms. The molecule has 0 spiro atoms. The summed E-state index contributed by atoms with van der Waals surface area (Å²) in [7, 11) is 0. The largest absolute Gasteiger partial charge is 0.473 e. The summed E-state index contributed by atoms with van der Waals surface area (Å²) >= 11 is 0. The molecule has 0 unspecified atom stereocenters. The molecule has 0 heterocycles. The number of amides is 1. The van der Waals surface area contributed by atoms with Crippen LogP contribution in [0.2, 0.25) is 0 Å². The minimum atomic E-state index is -4.94. The maximum Gasteiger partial charge on any atom is 0.473 e. The summed E-state index contributed by atoms with van der Waals surface area (Å²) < 4.78 is 36.2. The van der Waals surface area contributed by atoms with Crippen LogP contribution in [0.25, 0.3) is 11.1 Å². The van der Waals surface area contributed by atoms with Crippen LogP contribution in [-0.4, -0.2) is 17.8 Å². The van der Waals surface area contributed by atoms with Gasteiger partial charge in [0.25, 0.3) is 0 Å². The minimum absolute atomic E-state index is 0.289. The van der Waals surface area contributed by atoms with Crippen LogP contribution >= 0.6 is 0 Å². The van der Waals surface area contributed by atoms with Gasteiger partial charge in [-0.2, -0.15) is 18.3 Å². The Balaban J connectivity index is 2.12. The Hall–Kier alpha value is -2.63. The number of nitrogens with one attached hydrogen (secondary N) is 1. The van der Waals surface area contributed by atoms with Gasteiger partial charge in [0, 0.05) is 0 Å². The summed E-state index contributed by atoms with van der Waals surface area (Å²) in [6.07, 6.45) is -4.94. The summed E-state index contributed by atoms with van der Waals surface area (Å²) in [5, 5.41) is 3.46. The molecule has 114 valence electrons. The maximum atomic E-state index is 12.1. The standard InChI is InChI=1S/C16H13F3N2O/c1-11(20-21-15(22)16(17,18)19)12-7-9-14(10-8-12)13-5-3-2-4-6-13/h2-10H,1H3,(H,21,22)/b20-11-. The molecule has 0 bridgehead atoms. The molecule has 1 amide bonds. The van der Waals surface area contributed by atoms with Gasteiger partial charge in [-0.05, 0) is 23.6 Å². The van der Waals surface area contributed by atoms with Gasteiger partial charge in [-0.1, -0.05) is 54.6 Å². The first-order valence-corrected chi connectivity index (χ1v) is 6.45. The highest BCUT2D eigenvalue weighted by Gasteiger charge is 2.38. The Kier molecular flexibility index (Phi) is 4.60. The Morgan fingerprint density at radius 1 is 0.955 bits per heavy atom. The summed E-state index contributed by atoms with van der Waals surface area (Å²) in [5.74, 6) is -2.09. The predicted octanol–water partition coefficient (Wildman–Crippen LogP) is 3.76. The normalized spacial score (nSPS) is 12.1. The van der Waals surface area contributed by atoms with E-state index in [0.717, 1.165) is 11.1 Å². The molecule has 0 atom stereocenters. The zero-order valence-electron chi connectivity index (χ0n) is 11.7. The van der Waals surface area contributed by atoms with Crippen LogP contribution in [0, 0.1) is 0 Å². The molecule has 1 N–H and O–H groups in total. The summed E-state index contributed by atoms with van der Waals surface area (Å²) in [6.45, 7) is 1.52. The molecular formula is C16H13F3N2O. The van der Waals surface area contributed by atoms with E-state index in [1.807, 2.05) is 42.5 Å². The number of rotatable bonds is 3. The first kappa shape index (κ1) is 15.8. The van der Waals surface area contributed by atoms with Crippen LogP contribution in [0.3, 0.4) is 0 Å². The molecule has 0 saturated heterocycles. The first-order valence-electron chi connectivity index (χ1n) is 6.45. The fraction of sp³-hybridized carbons (Fsp3) is 0.125. The Morgan fingerprint density at radius 2 is 1.50 bits per heavy atom. The molecule has 0 aromatic heterocycles. The number of carbonyl (C=O) groups excluding carboxylic acids is 1. The molecule has 6 heteroatoms. The second-order valence-electron chi connectivity index (χ2n) is 4.58. The van der Waals surface area contributed by atoms with Crippen LogP contribution < -0.4 is 5.43 Å². The molecule has 0 radical (unpaired) electrons. The van der Waals surface area contributed by atoms with Gasteiger partial charge in [0.2, 0.25) is 0 Å². The van der Waals surface area contributed by atoms with Gasteiger partial charge < -0.3 is 0 Å². The first-order chi connectivity index (χ1) is 10.4. The van der Waals surface area contributed by atoms with Crippen molar-refractivity contribution in [2.45, 2.75) is 13.1 Å². The number of nitrogens with zero attached hydrogens (tertiary/aromatic N) is 1. The van der Waals surface area contributed by atoms with Gasteiger partial charge in [-0.15, -0.1) is 0 Å². The molecule has 2 aromatic rings. The van der Waals surface area contributed by atoms with E-state index in [2.05, 4.69) is 5.10 Å². The van der Waals surface area contributed by atoms with Gasteiger partial charge in [0.15, 0.2) is 0 Å². The van der Waals surface area contributed by atoms with Crippen LogP contribution in [-0.2, 0) is 4.79 Å². The van der Waals surface area contributed by atoms with Crippen molar-refractivity contribution in [3.8, 4) is 11.1 Å². The average molecular weight is 306 g/mol. The fourth-order valence-electron chi connectivity index (χ4n) is 1.80. The zero-order valence-corrected chi connectivity index (χ0v) is 11.7. The summed E-state index contributed by atoms with van der Waals surface area (Å²) in [4.78, 5) is 10.7. The van der Waals surface area contributed by atoms with E-state index in [-0.39, 0.29) is 5.71 Å². The lowest BCUT2D eigenvalue weighted by molar-refractivity contribution is -0.173. The van der Waals surface area contributed by atoms with Crippen molar-refractivity contribution in [2.24, 2.45) is 5.10 Å². The molecule has 2 rings (SSSR count). The SMILES string of the molecule is C/C(=N/NC(=O)C(F)(F)F)c1ccc(-c2ccccc2)cc1. The topological polar surface area (TPSA) is 41.5 Å². The van der Waals surface area contributed by atoms with Crippen molar-refractivity contribution in [1.82, 2.24) is 5.43 Å². The highest BCUT2D eigenvalue weighted by molar-refractivity contribution is 5.99. The van der Waals surface area contributed by atoms with Gasteiger partial charge in [-0.25, -0.2) is 5.43 Å². The predicted molar refractivity (Wildman–Crippen MR) is 78.3 cm³/mol. The molecule has 2 aromatic carbocycles. The highest BCUT2D eigenvalue weighted by atomic mass is 19.4. The van der Waals surface area contributed by atoms with Crippen molar-refractivity contribution in [3.63, 3.8) is 0 Å². The molecule has 0 aliphatic rings. The Labute approximate surface area is 125 Å². The van der Waals surface area contributed by atoms with Crippen molar-refractivity contribution in [3.05, 3.63) is 60.2 Å². The van der Waals surface area contributed by atoms with Crippen LogP contribution in [0.5, 0.6) is 0 Å². The lowest BCUT2D eigenvalue weighted by Crippen LogP contribution is -2.34. The molecule has 0 saturated carbocycles. The van der Waals surface area contributed by atoms with Crippen molar-refractivity contribution in [2.75, 3.05) is 0 Å². The van der Waals surface area contributed by atoms with Gasteiger partial charge in [0.1, 0.15) is 0 Å². The Morgan fingerprint density at radius 3 is 2.05 bits per heavy atom. The molecule has 0 aliphatic carbocycles. The minimum Gasteiger partial charge on any atom is -0.263 e. The Bertz CT molecular complexity index is 677. The second kappa shape index (κ2) is 6.43. The smallest absolute Gasteiger partial charge is 0.263 e. The molecule has 0 fully saturated rings. The number of benzene rings is 2. The van der Waals surface area contributed by atoms with Crippen LogP contribution in [0.1, 0.15) is 12.5 Å². The van der Waals surface area contributed by atoms with E-state index < -0.39 is 12.1 Å². The lowest BCUT2D eigenvalue weighted by Gasteiger charge is -2.06. The van der Waals surface area contributed by atoms with Gasteiger partial charge in [0.05, 0.1) is 5.71 Å². The van der Waals surface area contributed by atoms with Gasteiger partial charge >= 0.3 is 12.1 Å². The fourth-order valence-corrected chi connectivity index (χ4v) is 1.80. The highest BCUT2D eigenvalue weighted by Crippen LogP contribution is 2.19. The van der Waals surface area contributed by atoms with E-state index in [0.29, 0.717) is 5.56 Å². The second-order valence-corrected chi connectivity index (χ2v) is 4.58. The summed E-state index contributed by atoms with van der Waals surface area (Å²) in [5.41, 5.74) is 4.43. The zero-order chi connectivity index (χ0) is 16.2. The van der Waals surface area contributed by atoms with E-state index in [1.54, 1.807) is 12.1 Å².